The van der Waals surface area contributed by atoms with Crippen LogP contribution in [0.4, 0.5) is 0 Å². The van der Waals surface area contributed by atoms with Gasteiger partial charge in [-0.2, -0.15) is 0 Å². The van der Waals surface area contributed by atoms with E-state index >= 15 is 0 Å². The van der Waals surface area contributed by atoms with Gasteiger partial charge in [0, 0.05) is 6.42 Å². The molecule has 1 fully saturated rings. The molecule has 2 unspecified atom stereocenters. The molecule has 0 aromatic heterocycles. The highest BCUT2D eigenvalue weighted by Gasteiger charge is 2.37. The van der Waals surface area contributed by atoms with E-state index < -0.39 is 5.60 Å². The summed E-state index contributed by atoms with van der Waals surface area (Å²) < 4.78 is 5.56. The third-order valence-electron chi connectivity index (χ3n) is 4.20. The topological polar surface area (TPSA) is 29.5 Å². The van der Waals surface area contributed by atoms with Crippen LogP contribution in [0.5, 0.6) is 0 Å². The molecule has 2 rings (SSSR count). The van der Waals surface area contributed by atoms with Crippen molar-refractivity contribution in [1.82, 2.24) is 0 Å². The second-order valence-corrected chi connectivity index (χ2v) is 5.67. The molecule has 1 aliphatic heterocycles. The molecule has 0 aromatic carbocycles. The Bertz CT molecular complexity index is 270. The van der Waals surface area contributed by atoms with Gasteiger partial charge in [-0.15, -0.1) is 0 Å². The molecule has 1 N–H and O–H groups in total. The highest BCUT2D eigenvalue weighted by atomic mass is 16.5. The van der Waals surface area contributed by atoms with Crippen molar-refractivity contribution in [3.63, 3.8) is 0 Å². The summed E-state index contributed by atoms with van der Waals surface area (Å²) in [5.74, 6) is 2.37. The molecule has 1 aliphatic carbocycles. The van der Waals surface area contributed by atoms with Crippen molar-refractivity contribution in [1.29, 1.82) is 0 Å². The lowest BCUT2D eigenvalue weighted by Gasteiger charge is -2.27. The Morgan fingerprint density at radius 1 is 1.38 bits per heavy atom. The molecule has 0 aromatic rings. The van der Waals surface area contributed by atoms with Crippen LogP contribution in [0.1, 0.15) is 52.4 Å². The molecule has 2 nitrogen and oxygen atoms in total. The van der Waals surface area contributed by atoms with Gasteiger partial charge in [0.05, 0.1) is 6.61 Å². The lowest BCUT2D eigenvalue weighted by molar-refractivity contribution is 0.00580. The molecule has 1 saturated carbocycles. The average molecular weight is 224 g/mol. The van der Waals surface area contributed by atoms with Gasteiger partial charge in [-0.1, -0.05) is 20.3 Å². The van der Waals surface area contributed by atoms with E-state index in [0.717, 1.165) is 56.3 Å². The van der Waals surface area contributed by atoms with Gasteiger partial charge in [0.2, 0.25) is 0 Å². The first-order chi connectivity index (χ1) is 7.62. The van der Waals surface area contributed by atoms with Crippen LogP contribution in [-0.2, 0) is 4.74 Å². The van der Waals surface area contributed by atoms with Crippen LogP contribution in [0.25, 0.3) is 0 Å². The molecular weight excluding hydrogens is 200 g/mol. The van der Waals surface area contributed by atoms with Crippen LogP contribution >= 0.6 is 0 Å². The zero-order valence-corrected chi connectivity index (χ0v) is 10.5. The molecule has 0 saturated heterocycles. The molecule has 0 spiro atoms. The Kier molecular flexibility index (Phi) is 3.58. The molecule has 16 heavy (non-hydrogen) atoms. The van der Waals surface area contributed by atoms with Crippen molar-refractivity contribution >= 4 is 0 Å². The van der Waals surface area contributed by atoms with E-state index in [0.29, 0.717) is 0 Å². The first-order valence-corrected chi connectivity index (χ1v) is 6.67. The molecule has 0 amide bonds. The maximum atomic E-state index is 10.7. The van der Waals surface area contributed by atoms with Crippen molar-refractivity contribution in [2.45, 2.75) is 58.0 Å². The van der Waals surface area contributed by atoms with Crippen LogP contribution in [0.15, 0.2) is 11.8 Å². The number of rotatable bonds is 2. The smallest absolute Gasteiger partial charge is 0.124 e. The Balaban J connectivity index is 2.02. The van der Waals surface area contributed by atoms with Gasteiger partial charge < -0.3 is 9.84 Å². The van der Waals surface area contributed by atoms with E-state index in [9.17, 15) is 5.11 Å². The van der Waals surface area contributed by atoms with Gasteiger partial charge in [0.25, 0.3) is 0 Å². The molecule has 0 bridgehead atoms. The minimum Gasteiger partial charge on any atom is -0.495 e. The highest BCUT2D eigenvalue weighted by molar-refractivity contribution is 5.13. The monoisotopic (exact) mass is 224 g/mol. The van der Waals surface area contributed by atoms with Gasteiger partial charge in [-0.25, -0.2) is 0 Å². The predicted molar refractivity (Wildman–Crippen MR) is 65.0 cm³/mol. The second kappa shape index (κ2) is 4.79. The molecule has 2 atom stereocenters. The molecule has 1 heterocycles. The van der Waals surface area contributed by atoms with E-state index in [1.807, 2.05) is 0 Å². The van der Waals surface area contributed by atoms with E-state index in [2.05, 4.69) is 19.9 Å². The van der Waals surface area contributed by atoms with Crippen molar-refractivity contribution in [2.75, 3.05) is 6.61 Å². The van der Waals surface area contributed by atoms with E-state index in [-0.39, 0.29) is 0 Å². The van der Waals surface area contributed by atoms with Gasteiger partial charge in [-0.3, -0.25) is 0 Å². The molecule has 0 radical (unpaired) electrons. The summed E-state index contributed by atoms with van der Waals surface area (Å²) >= 11 is 0. The predicted octanol–water partition coefficient (Wildman–Crippen LogP) is 3.26. The third-order valence-corrected chi connectivity index (χ3v) is 4.20. The number of hydrogen-bond donors (Lipinski definition) is 1. The standard InChI is InChI=1S/C14H24O2/c1-11(2)12-5-3-8-14(15,9-7-12)13-6-4-10-16-13/h6,11-12,15H,3-5,7-10H2,1-2H3. The Hall–Kier alpha value is -0.500. The van der Waals surface area contributed by atoms with Gasteiger partial charge in [-0.05, 0) is 43.6 Å². The summed E-state index contributed by atoms with van der Waals surface area (Å²) in [6.07, 6.45) is 8.31. The van der Waals surface area contributed by atoms with Gasteiger partial charge >= 0.3 is 0 Å². The maximum absolute atomic E-state index is 10.7. The normalized spacial score (nSPS) is 35.8. The molecule has 2 heteroatoms. The van der Waals surface area contributed by atoms with E-state index in [4.69, 9.17) is 4.74 Å². The van der Waals surface area contributed by atoms with E-state index in [1.165, 1.54) is 6.42 Å². The Morgan fingerprint density at radius 3 is 2.81 bits per heavy atom. The van der Waals surface area contributed by atoms with Gasteiger partial charge in [0.15, 0.2) is 0 Å². The van der Waals surface area contributed by atoms with Crippen molar-refractivity contribution < 1.29 is 9.84 Å². The summed E-state index contributed by atoms with van der Waals surface area (Å²) in [7, 11) is 0. The number of hydrogen-bond acceptors (Lipinski definition) is 2. The summed E-state index contributed by atoms with van der Waals surface area (Å²) in [4.78, 5) is 0. The fraction of sp³-hybridized carbons (Fsp3) is 0.857. The highest BCUT2D eigenvalue weighted by Crippen LogP contribution is 2.39. The summed E-state index contributed by atoms with van der Waals surface area (Å²) in [6.45, 7) is 5.34. The summed E-state index contributed by atoms with van der Waals surface area (Å²) in [6, 6.07) is 0. The minimum atomic E-state index is -0.653. The van der Waals surface area contributed by atoms with Crippen molar-refractivity contribution in [2.24, 2.45) is 11.8 Å². The average Bonchev–Trinajstić information content (AvgIpc) is 2.70. The fourth-order valence-corrected chi connectivity index (χ4v) is 3.01. The fourth-order valence-electron chi connectivity index (χ4n) is 3.01. The van der Waals surface area contributed by atoms with Crippen LogP contribution in [0, 0.1) is 11.8 Å². The third kappa shape index (κ3) is 2.42. The SMILES string of the molecule is CC(C)C1CCCC(O)(C2=CCCO2)CC1. The second-order valence-electron chi connectivity index (χ2n) is 5.67. The van der Waals surface area contributed by atoms with Crippen molar-refractivity contribution in [3.8, 4) is 0 Å². The van der Waals surface area contributed by atoms with Crippen LogP contribution in [-0.4, -0.2) is 17.3 Å². The van der Waals surface area contributed by atoms with E-state index in [1.54, 1.807) is 0 Å². The zero-order valence-electron chi connectivity index (χ0n) is 10.5. The Labute approximate surface area is 98.7 Å². The molecular formula is C14H24O2. The first kappa shape index (κ1) is 12.0. The van der Waals surface area contributed by atoms with Crippen LogP contribution in [0.3, 0.4) is 0 Å². The molecule has 2 aliphatic rings. The van der Waals surface area contributed by atoms with Gasteiger partial charge in [0.1, 0.15) is 11.4 Å². The van der Waals surface area contributed by atoms with Crippen molar-refractivity contribution in [3.05, 3.63) is 11.8 Å². The summed E-state index contributed by atoms with van der Waals surface area (Å²) in [5, 5.41) is 10.7. The minimum absolute atomic E-state index is 0.653. The molecule has 92 valence electrons. The lowest BCUT2D eigenvalue weighted by atomic mass is 9.87. The largest absolute Gasteiger partial charge is 0.495 e. The van der Waals surface area contributed by atoms with Crippen LogP contribution in [0.2, 0.25) is 0 Å². The number of aliphatic hydroxyl groups is 1. The zero-order chi connectivity index (χ0) is 11.6. The lowest BCUT2D eigenvalue weighted by Crippen LogP contribution is -2.31. The summed E-state index contributed by atoms with van der Waals surface area (Å²) in [5.41, 5.74) is -0.653. The van der Waals surface area contributed by atoms with Crippen LogP contribution < -0.4 is 0 Å². The number of ether oxygens (including phenoxy) is 1. The maximum Gasteiger partial charge on any atom is 0.124 e. The quantitative estimate of drug-likeness (QED) is 0.729. The Morgan fingerprint density at radius 2 is 2.19 bits per heavy atom. The first-order valence-electron chi connectivity index (χ1n) is 6.67.